The van der Waals surface area contributed by atoms with Gasteiger partial charge in [0.2, 0.25) is 17.7 Å². The molecule has 1 atom stereocenters. The maximum Gasteiger partial charge on any atom is 0.248 e. The van der Waals surface area contributed by atoms with Gasteiger partial charge in [0, 0.05) is 45.6 Å². The zero-order valence-corrected chi connectivity index (χ0v) is 17.3. The topological polar surface area (TPSA) is 60.9 Å². The Kier molecular flexibility index (Phi) is 5.61. The van der Waals surface area contributed by atoms with E-state index in [0.29, 0.717) is 39.0 Å². The molecule has 4 rings (SSSR count). The van der Waals surface area contributed by atoms with Crippen molar-refractivity contribution in [3.05, 3.63) is 35.9 Å². The standard InChI is InChI=1S/C23H31N3O3/c1-18(27)24-15-9-20(10-16-24)21(28)26-14-6-12-23(26)11-5-13-25(22(23)29)17-19-7-3-2-4-8-19/h2-4,7-8,20H,5-6,9-17H2,1H3. The Bertz CT molecular complexity index is 773. The molecule has 1 aromatic rings. The summed E-state index contributed by atoms with van der Waals surface area (Å²) in [6, 6.07) is 10.1. The van der Waals surface area contributed by atoms with Crippen molar-refractivity contribution in [1.82, 2.24) is 14.7 Å². The molecule has 3 aliphatic rings. The minimum atomic E-state index is -0.651. The summed E-state index contributed by atoms with van der Waals surface area (Å²) >= 11 is 0. The van der Waals surface area contributed by atoms with Crippen LogP contribution < -0.4 is 0 Å². The van der Waals surface area contributed by atoms with Crippen molar-refractivity contribution in [2.24, 2.45) is 5.92 Å². The molecule has 3 aliphatic heterocycles. The van der Waals surface area contributed by atoms with E-state index >= 15 is 0 Å². The van der Waals surface area contributed by atoms with Gasteiger partial charge in [-0.3, -0.25) is 14.4 Å². The fraction of sp³-hybridized carbons (Fsp3) is 0.609. The second kappa shape index (κ2) is 8.17. The molecule has 3 saturated heterocycles. The van der Waals surface area contributed by atoms with E-state index in [1.807, 2.05) is 32.9 Å². The van der Waals surface area contributed by atoms with Crippen molar-refractivity contribution >= 4 is 17.7 Å². The fourth-order valence-electron chi connectivity index (χ4n) is 5.36. The van der Waals surface area contributed by atoms with E-state index in [2.05, 4.69) is 12.1 Å². The number of piperidine rings is 2. The maximum absolute atomic E-state index is 13.6. The van der Waals surface area contributed by atoms with E-state index < -0.39 is 5.54 Å². The lowest BCUT2D eigenvalue weighted by molar-refractivity contribution is -0.158. The Hall–Kier alpha value is -2.37. The van der Waals surface area contributed by atoms with E-state index in [1.165, 1.54) is 0 Å². The number of amides is 3. The van der Waals surface area contributed by atoms with Crippen LogP contribution >= 0.6 is 0 Å². The van der Waals surface area contributed by atoms with Crippen LogP contribution in [0.15, 0.2) is 30.3 Å². The van der Waals surface area contributed by atoms with Crippen LogP contribution in [0.3, 0.4) is 0 Å². The van der Waals surface area contributed by atoms with Gasteiger partial charge in [0.15, 0.2) is 0 Å². The summed E-state index contributed by atoms with van der Waals surface area (Å²) in [6.45, 7) is 4.91. The van der Waals surface area contributed by atoms with Gasteiger partial charge in [0.05, 0.1) is 0 Å². The van der Waals surface area contributed by atoms with E-state index in [1.54, 1.807) is 6.92 Å². The highest BCUT2D eigenvalue weighted by Gasteiger charge is 2.53. The normalized spacial score (nSPS) is 25.7. The van der Waals surface area contributed by atoms with Gasteiger partial charge in [-0.05, 0) is 44.1 Å². The first-order valence-electron chi connectivity index (χ1n) is 10.9. The molecular formula is C23H31N3O3. The third-order valence-electron chi connectivity index (χ3n) is 6.96. The van der Waals surface area contributed by atoms with Crippen molar-refractivity contribution in [2.45, 2.75) is 57.5 Å². The van der Waals surface area contributed by atoms with Crippen molar-refractivity contribution in [1.29, 1.82) is 0 Å². The minimum absolute atomic E-state index is 0.0714. The first kappa shape index (κ1) is 19.9. The predicted molar refractivity (Wildman–Crippen MR) is 110 cm³/mol. The van der Waals surface area contributed by atoms with Gasteiger partial charge in [-0.15, -0.1) is 0 Å². The molecule has 0 bridgehead atoms. The Morgan fingerprint density at radius 3 is 2.31 bits per heavy atom. The third kappa shape index (κ3) is 3.77. The molecule has 3 amide bonds. The summed E-state index contributed by atoms with van der Waals surface area (Å²) in [7, 11) is 0. The molecule has 1 spiro atoms. The number of carbonyl (C=O) groups is 3. The molecule has 6 heteroatoms. The van der Waals surface area contributed by atoms with Crippen LogP contribution in [-0.4, -0.2) is 64.1 Å². The van der Waals surface area contributed by atoms with E-state index in [0.717, 1.165) is 37.8 Å². The summed E-state index contributed by atoms with van der Waals surface area (Å²) in [6.07, 6.45) is 4.78. The lowest BCUT2D eigenvalue weighted by Gasteiger charge is -2.46. The zero-order chi connectivity index (χ0) is 20.4. The number of hydrogen-bond acceptors (Lipinski definition) is 3. The average molecular weight is 398 g/mol. The highest BCUT2D eigenvalue weighted by molar-refractivity contribution is 5.93. The monoisotopic (exact) mass is 397 g/mol. The molecule has 0 radical (unpaired) electrons. The lowest BCUT2D eigenvalue weighted by Crippen LogP contribution is -2.62. The summed E-state index contributed by atoms with van der Waals surface area (Å²) in [4.78, 5) is 44.2. The SMILES string of the molecule is CC(=O)N1CCC(C(=O)N2CCCC23CCCN(Cc2ccccc2)C3=O)CC1. The fourth-order valence-corrected chi connectivity index (χ4v) is 5.36. The molecule has 3 fully saturated rings. The summed E-state index contributed by atoms with van der Waals surface area (Å²) in [5, 5.41) is 0. The summed E-state index contributed by atoms with van der Waals surface area (Å²) < 4.78 is 0. The van der Waals surface area contributed by atoms with E-state index in [9.17, 15) is 14.4 Å². The van der Waals surface area contributed by atoms with Gasteiger partial charge in [-0.1, -0.05) is 30.3 Å². The Morgan fingerprint density at radius 2 is 1.66 bits per heavy atom. The molecule has 1 aromatic carbocycles. The Balaban J connectivity index is 1.48. The summed E-state index contributed by atoms with van der Waals surface area (Å²) in [5.41, 5.74) is 0.479. The second-order valence-corrected chi connectivity index (χ2v) is 8.72. The Labute approximate surface area is 172 Å². The second-order valence-electron chi connectivity index (χ2n) is 8.72. The number of rotatable bonds is 3. The van der Waals surface area contributed by atoms with Crippen LogP contribution in [0.1, 0.15) is 51.0 Å². The molecule has 156 valence electrons. The van der Waals surface area contributed by atoms with Crippen LogP contribution in [-0.2, 0) is 20.9 Å². The minimum Gasteiger partial charge on any atom is -0.343 e. The lowest BCUT2D eigenvalue weighted by atomic mass is 9.83. The van der Waals surface area contributed by atoms with Gasteiger partial charge in [0.25, 0.3) is 0 Å². The molecule has 29 heavy (non-hydrogen) atoms. The first-order valence-corrected chi connectivity index (χ1v) is 10.9. The number of carbonyl (C=O) groups excluding carboxylic acids is 3. The number of benzene rings is 1. The highest BCUT2D eigenvalue weighted by atomic mass is 16.2. The van der Waals surface area contributed by atoms with Crippen molar-refractivity contribution in [2.75, 3.05) is 26.2 Å². The van der Waals surface area contributed by atoms with E-state index in [4.69, 9.17) is 0 Å². The average Bonchev–Trinajstić information content (AvgIpc) is 3.16. The number of hydrogen-bond donors (Lipinski definition) is 0. The van der Waals surface area contributed by atoms with Gasteiger partial charge in [-0.25, -0.2) is 0 Å². The molecular weight excluding hydrogens is 366 g/mol. The van der Waals surface area contributed by atoms with Gasteiger partial charge < -0.3 is 14.7 Å². The Morgan fingerprint density at radius 1 is 1.00 bits per heavy atom. The van der Waals surface area contributed by atoms with Gasteiger partial charge in [-0.2, -0.15) is 0 Å². The molecule has 0 aromatic heterocycles. The van der Waals surface area contributed by atoms with Crippen molar-refractivity contribution in [3.8, 4) is 0 Å². The first-order chi connectivity index (χ1) is 14.0. The largest absolute Gasteiger partial charge is 0.343 e. The van der Waals surface area contributed by atoms with Crippen LogP contribution in [0.25, 0.3) is 0 Å². The summed E-state index contributed by atoms with van der Waals surface area (Å²) in [5.74, 6) is 0.255. The van der Waals surface area contributed by atoms with Crippen LogP contribution in [0.4, 0.5) is 0 Å². The molecule has 1 unspecified atom stereocenters. The molecule has 3 heterocycles. The smallest absolute Gasteiger partial charge is 0.248 e. The van der Waals surface area contributed by atoms with E-state index in [-0.39, 0.29) is 23.6 Å². The maximum atomic E-state index is 13.6. The zero-order valence-electron chi connectivity index (χ0n) is 17.3. The molecule has 6 nitrogen and oxygen atoms in total. The van der Waals surface area contributed by atoms with Crippen LogP contribution in [0.2, 0.25) is 0 Å². The molecule has 0 aliphatic carbocycles. The quantitative estimate of drug-likeness (QED) is 0.787. The molecule has 0 N–H and O–H groups in total. The highest BCUT2D eigenvalue weighted by Crippen LogP contribution is 2.40. The third-order valence-corrected chi connectivity index (χ3v) is 6.96. The number of nitrogens with zero attached hydrogens (tertiary/aromatic N) is 3. The molecule has 0 saturated carbocycles. The van der Waals surface area contributed by atoms with Gasteiger partial charge >= 0.3 is 0 Å². The van der Waals surface area contributed by atoms with Crippen LogP contribution in [0, 0.1) is 5.92 Å². The van der Waals surface area contributed by atoms with Gasteiger partial charge in [0.1, 0.15) is 5.54 Å². The van der Waals surface area contributed by atoms with Crippen molar-refractivity contribution < 1.29 is 14.4 Å². The van der Waals surface area contributed by atoms with Crippen molar-refractivity contribution in [3.63, 3.8) is 0 Å². The van der Waals surface area contributed by atoms with Crippen LogP contribution in [0.5, 0.6) is 0 Å². The predicted octanol–water partition coefficient (Wildman–Crippen LogP) is 2.43. The number of likely N-dealkylation sites (tertiary alicyclic amines) is 3.